The number of rotatable bonds is 4. The minimum atomic E-state index is 0.319. The van der Waals surface area contributed by atoms with Crippen LogP contribution in [0.25, 0.3) is 0 Å². The van der Waals surface area contributed by atoms with Crippen molar-refractivity contribution in [2.24, 2.45) is 0 Å². The fourth-order valence-corrected chi connectivity index (χ4v) is 1.18. The minimum Gasteiger partial charge on any atom is -0.477 e. The molecule has 0 aliphatic carbocycles. The van der Waals surface area contributed by atoms with Gasteiger partial charge in [-0.05, 0) is 47.6 Å². The number of pyridine rings is 1. The highest BCUT2D eigenvalue weighted by molar-refractivity contribution is 14.1. The van der Waals surface area contributed by atoms with E-state index in [9.17, 15) is 0 Å². The smallest absolute Gasteiger partial charge is 0.227 e. The minimum absolute atomic E-state index is 0.319. The van der Waals surface area contributed by atoms with Crippen LogP contribution in [-0.2, 0) is 0 Å². The first-order chi connectivity index (χ1) is 7.26. The Morgan fingerprint density at radius 1 is 1.40 bits per heavy atom. The van der Waals surface area contributed by atoms with E-state index in [1.807, 2.05) is 19.1 Å². The molecule has 0 aromatic carbocycles. The predicted octanol–water partition coefficient (Wildman–Crippen LogP) is 2.86. The zero-order valence-corrected chi connectivity index (χ0v) is 11.4. The van der Waals surface area contributed by atoms with E-state index < -0.39 is 0 Å². The second-order valence-electron chi connectivity index (χ2n) is 2.86. The average Bonchev–Trinajstić information content (AvgIpc) is 2.28. The van der Waals surface area contributed by atoms with Crippen LogP contribution in [0.1, 0.15) is 26.7 Å². The van der Waals surface area contributed by atoms with Crippen molar-refractivity contribution in [3.63, 3.8) is 0 Å². The van der Waals surface area contributed by atoms with Crippen LogP contribution in [-0.4, -0.2) is 23.3 Å². The first kappa shape index (κ1) is 14.6. The van der Waals surface area contributed by atoms with E-state index in [-0.39, 0.29) is 0 Å². The molecule has 86 valence electrons. The van der Waals surface area contributed by atoms with Gasteiger partial charge in [-0.3, -0.25) is 0 Å². The zero-order valence-electron chi connectivity index (χ0n) is 9.24. The van der Waals surface area contributed by atoms with E-state index in [4.69, 9.17) is 9.84 Å². The third-order valence-corrected chi connectivity index (χ3v) is 2.21. The predicted molar refractivity (Wildman–Crippen MR) is 70.1 cm³/mol. The van der Waals surface area contributed by atoms with Crippen molar-refractivity contribution in [1.29, 1.82) is 0 Å². The van der Waals surface area contributed by atoms with Crippen molar-refractivity contribution in [2.45, 2.75) is 26.7 Å². The first-order valence-electron chi connectivity index (χ1n) is 5.10. The van der Waals surface area contributed by atoms with E-state index in [1.54, 1.807) is 6.20 Å². The number of halogens is 1. The zero-order chi connectivity index (χ0) is 11.5. The van der Waals surface area contributed by atoms with Crippen molar-refractivity contribution in [2.75, 3.05) is 13.2 Å². The van der Waals surface area contributed by atoms with Crippen molar-refractivity contribution < 1.29 is 9.84 Å². The topological polar surface area (TPSA) is 42.4 Å². The summed E-state index contributed by atoms with van der Waals surface area (Å²) in [4.78, 5) is 4.09. The molecule has 1 aromatic rings. The summed E-state index contributed by atoms with van der Waals surface area (Å²) in [7, 11) is 0. The number of aliphatic hydroxyl groups excluding tert-OH is 1. The lowest BCUT2D eigenvalue weighted by Crippen LogP contribution is -1.98. The molecular formula is C11H18INO2. The largest absolute Gasteiger partial charge is 0.477 e. The molecule has 15 heavy (non-hydrogen) atoms. The Balaban J connectivity index is 0.000000423. The molecule has 0 saturated heterocycles. The fraction of sp³-hybridized carbons (Fsp3) is 0.545. The molecule has 0 fully saturated rings. The summed E-state index contributed by atoms with van der Waals surface area (Å²) in [5.41, 5.74) is 0. The SMILES string of the molecule is CCCO.CCCOc1ncccc1I. The van der Waals surface area contributed by atoms with Gasteiger partial charge in [0.25, 0.3) is 0 Å². The van der Waals surface area contributed by atoms with Gasteiger partial charge in [-0.2, -0.15) is 0 Å². The van der Waals surface area contributed by atoms with Crippen LogP contribution in [0, 0.1) is 3.57 Å². The van der Waals surface area contributed by atoms with Gasteiger partial charge in [0.15, 0.2) is 0 Å². The summed E-state index contributed by atoms with van der Waals surface area (Å²) in [6.07, 6.45) is 3.64. The van der Waals surface area contributed by atoms with Gasteiger partial charge in [-0.15, -0.1) is 0 Å². The maximum atomic E-state index is 7.88. The molecule has 1 rings (SSSR count). The number of nitrogens with zero attached hydrogens (tertiary/aromatic N) is 1. The number of hydrogen-bond donors (Lipinski definition) is 1. The fourth-order valence-electron chi connectivity index (χ4n) is 0.676. The van der Waals surface area contributed by atoms with E-state index in [1.165, 1.54) is 0 Å². The first-order valence-corrected chi connectivity index (χ1v) is 6.18. The number of aromatic nitrogens is 1. The summed E-state index contributed by atoms with van der Waals surface area (Å²) in [5, 5.41) is 7.88. The monoisotopic (exact) mass is 323 g/mol. The second-order valence-corrected chi connectivity index (χ2v) is 4.02. The van der Waals surface area contributed by atoms with E-state index in [0.717, 1.165) is 28.9 Å². The quantitative estimate of drug-likeness (QED) is 0.867. The molecule has 4 heteroatoms. The summed E-state index contributed by atoms with van der Waals surface area (Å²) < 4.78 is 6.44. The molecule has 1 N–H and O–H groups in total. The average molecular weight is 323 g/mol. The summed E-state index contributed by atoms with van der Waals surface area (Å²) in [6, 6.07) is 3.89. The van der Waals surface area contributed by atoms with E-state index in [0.29, 0.717) is 6.61 Å². The molecular weight excluding hydrogens is 305 g/mol. The van der Waals surface area contributed by atoms with E-state index >= 15 is 0 Å². The molecule has 1 heterocycles. The summed E-state index contributed by atoms with van der Waals surface area (Å²) in [5.74, 6) is 0.745. The van der Waals surface area contributed by atoms with Gasteiger partial charge >= 0.3 is 0 Å². The van der Waals surface area contributed by atoms with Crippen LogP contribution in [0.4, 0.5) is 0 Å². The lowest BCUT2D eigenvalue weighted by molar-refractivity contribution is 0.295. The lowest BCUT2D eigenvalue weighted by atomic mass is 10.5. The van der Waals surface area contributed by atoms with Crippen LogP contribution in [0.15, 0.2) is 18.3 Å². The molecule has 0 amide bonds. The van der Waals surface area contributed by atoms with Crippen LogP contribution >= 0.6 is 22.6 Å². The Bertz CT molecular complexity index is 254. The molecule has 0 atom stereocenters. The third-order valence-electron chi connectivity index (χ3n) is 1.39. The number of aliphatic hydroxyl groups is 1. The maximum Gasteiger partial charge on any atom is 0.227 e. The highest BCUT2D eigenvalue weighted by atomic mass is 127. The number of ether oxygens (including phenoxy) is 1. The second kappa shape index (κ2) is 10.2. The van der Waals surface area contributed by atoms with Gasteiger partial charge < -0.3 is 9.84 Å². The highest BCUT2D eigenvalue weighted by Crippen LogP contribution is 2.15. The Morgan fingerprint density at radius 2 is 2.07 bits per heavy atom. The molecule has 0 radical (unpaired) electrons. The third kappa shape index (κ3) is 7.56. The maximum absolute atomic E-state index is 7.88. The van der Waals surface area contributed by atoms with Crippen molar-refractivity contribution in [1.82, 2.24) is 4.98 Å². The van der Waals surface area contributed by atoms with Gasteiger partial charge in [-0.1, -0.05) is 13.8 Å². The van der Waals surface area contributed by atoms with E-state index in [2.05, 4.69) is 34.5 Å². The van der Waals surface area contributed by atoms with Crippen LogP contribution < -0.4 is 4.74 Å². The molecule has 0 spiro atoms. The van der Waals surface area contributed by atoms with Gasteiger partial charge in [-0.25, -0.2) is 4.98 Å². The standard InChI is InChI=1S/C8H10INO.C3H8O/c1-2-6-11-8-7(9)4-3-5-10-8;1-2-3-4/h3-5H,2,6H2,1H3;4H,2-3H2,1H3. The molecule has 0 unspecified atom stereocenters. The Hall–Kier alpha value is -0.360. The molecule has 0 bridgehead atoms. The van der Waals surface area contributed by atoms with Crippen molar-refractivity contribution in [3.8, 4) is 5.88 Å². The van der Waals surface area contributed by atoms with Gasteiger partial charge in [0.2, 0.25) is 5.88 Å². The van der Waals surface area contributed by atoms with Gasteiger partial charge in [0.05, 0.1) is 10.2 Å². The number of hydrogen-bond acceptors (Lipinski definition) is 3. The molecule has 0 aliphatic heterocycles. The highest BCUT2D eigenvalue weighted by Gasteiger charge is 1.98. The summed E-state index contributed by atoms with van der Waals surface area (Å²) in [6.45, 7) is 5.07. The summed E-state index contributed by atoms with van der Waals surface area (Å²) >= 11 is 2.21. The van der Waals surface area contributed by atoms with Crippen LogP contribution in [0.5, 0.6) is 5.88 Å². The Kier molecular flexibility index (Phi) is 9.92. The Morgan fingerprint density at radius 3 is 2.53 bits per heavy atom. The normalized spacial score (nSPS) is 9.07. The van der Waals surface area contributed by atoms with Crippen molar-refractivity contribution in [3.05, 3.63) is 21.9 Å². The van der Waals surface area contributed by atoms with Crippen LogP contribution in [0.3, 0.4) is 0 Å². The molecule has 1 aromatic heterocycles. The van der Waals surface area contributed by atoms with Gasteiger partial charge in [0.1, 0.15) is 0 Å². The Labute approximate surface area is 105 Å². The van der Waals surface area contributed by atoms with Crippen LogP contribution in [0.2, 0.25) is 0 Å². The molecule has 0 saturated carbocycles. The molecule has 3 nitrogen and oxygen atoms in total. The van der Waals surface area contributed by atoms with Crippen molar-refractivity contribution >= 4 is 22.6 Å². The molecule has 0 aliphatic rings. The van der Waals surface area contributed by atoms with Gasteiger partial charge in [0, 0.05) is 12.8 Å². The lowest BCUT2D eigenvalue weighted by Gasteiger charge is -2.03.